The molecular weight excluding hydrogens is 152 g/mol. The van der Waals surface area contributed by atoms with Crippen molar-refractivity contribution in [2.45, 2.75) is 0 Å². The van der Waals surface area contributed by atoms with E-state index < -0.39 is 10.8 Å². The van der Waals surface area contributed by atoms with Crippen LogP contribution in [0.25, 0.3) is 0 Å². The maximum atomic E-state index is 10.8. The van der Waals surface area contributed by atoms with E-state index in [1.165, 1.54) is 0 Å². The quantitative estimate of drug-likeness (QED) is 0.488. The van der Waals surface area contributed by atoms with Crippen molar-refractivity contribution in [2.24, 2.45) is 0 Å². The van der Waals surface area contributed by atoms with Crippen LogP contribution in [-0.4, -0.2) is 15.7 Å². The zero-order valence-corrected chi connectivity index (χ0v) is 6.83. The first-order chi connectivity index (χ1) is 4.31. The first-order valence-electron chi connectivity index (χ1n) is 2.56. The lowest BCUT2D eigenvalue weighted by molar-refractivity contribution is 0.687. The molecular formula is C6H10OS2. The third-order valence-electron chi connectivity index (χ3n) is 0.691. The average molecular weight is 162 g/mol. The van der Waals surface area contributed by atoms with Gasteiger partial charge in [-0.1, -0.05) is 12.2 Å². The molecule has 0 aromatic heterocycles. The average Bonchev–Trinajstić information content (AvgIpc) is 1.85. The van der Waals surface area contributed by atoms with Gasteiger partial charge in [0.2, 0.25) is 0 Å². The zero-order valence-electron chi connectivity index (χ0n) is 5.12. The molecule has 0 fully saturated rings. The Balaban J connectivity index is 3.38. The maximum Gasteiger partial charge on any atom is 0.0426 e. The minimum absolute atomic E-state index is 0.568. The van der Waals surface area contributed by atoms with Crippen LogP contribution in [0, 0.1) is 0 Å². The van der Waals surface area contributed by atoms with E-state index in [4.69, 9.17) is 0 Å². The van der Waals surface area contributed by atoms with Gasteiger partial charge in [-0.15, -0.1) is 6.58 Å². The monoisotopic (exact) mass is 162 g/mol. The molecule has 0 N–H and O–H groups in total. The molecule has 0 spiro atoms. The predicted molar refractivity (Wildman–Crippen MR) is 46.2 cm³/mol. The van der Waals surface area contributed by atoms with Crippen LogP contribution in [0.1, 0.15) is 0 Å². The third-order valence-corrected chi connectivity index (χ3v) is 2.07. The molecule has 1 nitrogen and oxygen atoms in total. The highest BCUT2D eigenvalue weighted by Crippen LogP contribution is 1.85. The van der Waals surface area contributed by atoms with Crippen molar-refractivity contribution >= 4 is 23.4 Å². The van der Waals surface area contributed by atoms with Crippen molar-refractivity contribution in [1.29, 1.82) is 0 Å². The van der Waals surface area contributed by atoms with Crippen LogP contribution in [0.5, 0.6) is 0 Å². The molecule has 0 saturated heterocycles. The van der Waals surface area contributed by atoms with Gasteiger partial charge >= 0.3 is 0 Å². The topological polar surface area (TPSA) is 17.1 Å². The minimum atomic E-state index is -0.774. The number of hydrogen-bond donors (Lipinski definition) is 1. The summed E-state index contributed by atoms with van der Waals surface area (Å²) in [6.07, 6.45) is 3.42. The van der Waals surface area contributed by atoms with Crippen molar-refractivity contribution < 1.29 is 4.21 Å². The van der Waals surface area contributed by atoms with Crippen LogP contribution in [-0.2, 0) is 10.8 Å². The summed E-state index contributed by atoms with van der Waals surface area (Å²) in [6.45, 7) is 3.47. The van der Waals surface area contributed by atoms with Crippen LogP contribution in [0.15, 0.2) is 24.1 Å². The zero-order chi connectivity index (χ0) is 7.11. The Morgan fingerprint density at radius 2 is 2.22 bits per heavy atom. The van der Waals surface area contributed by atoms with E-state index in [0.717, 1.165) is 0 Å². The Kier molecular flexibility index (Phi) is 6.09. The molecule has 9 heavy (non-hydrogen) atoms. The second kappa shape index (κ2) is 6.11. The van der Waals surface area contributed by atoms with E-state index in [1.54, 1.807) is 17.6 Å². The van der Waals surface area contributed by atoms with Gasteiger partial charge in [-0.2, -0.15) is 12.6 Å². The molecule has 3 heteroatoms. The Morgan fingerprint density at radius 3 is 2.67 bits per heavy atom. The van der Waals surface area contributed by atoms with E-state index in [1.807, 2.05) is 0 Å². The fourth-order valence-corrected chi connectivity index (χ4v) is 1.31. The van der Waals surface area contributed by atoms with Crippen LogP contribution in [0.3, 0.4) is 0 Å². The third kappa shape index (κ3) is 5.86. The molecule has 0 aromatic rings. The standard InChI is InChI=1S/C6H10OS2/c1-2-5-9(7)6-3-4-8/h2-4,8H,1,5-6H2/b4-3+. The smallest absolute Gasteiger partial charge is 0.0426 e. The summed E-state index contributed by atoms with van der Waals surface area (Å²) < 4.78 is 10.8. The lowest BCUT2D eigenvalue weighted by Crippen LogP contribution is -1.96. The SMILES string of the molecule is C=CCS(=O)C/C=C/S. The second-order valence-electron chi connectivity index (χ2n) is 1.45. The van der Waals surface area contributed by atoms with Gasteiger partial charge in [0.1, 0.15) is 0 Å². The van der Waals surface area contributed by atoms with Gasteiger partial charge in [0.15, 0.2) is 0 Å². The first-order valence-corrected chi connectivity index (χ1v) is 4.56. The highest BCUT2D eigenvalue weighted by molar-refractivity contribution is 7.85. The van der Waals surface area contributed by atoms with E-state index in [9.17, 15) is 4.21 Å². The molecule has 52 valence electrons. The molecule has 0 aromatic carbocycles. The van der Waals surface area contributed by atoms with Gasteiger partial charge in [-0.25, -0.2) is 0 Å². The lowest BCUT2D eigenvalue weighted by Gasteiger charge is -1.88. The maximum absolute atomic E-state index is 10.8. The summed E-state index contributed by atoms with van der Waals surface area (Å²) in [4.78, 5) is 0. The molecule has 0 heterocycles. The predicted octanol–water partition coefficient (Wildman–Crippen LogP) is 1.36. The normalized spacial score (nSPS) is 13.9. The van der Waals surface area contributed by atoms with Crippen LogP contribution in [0.4, 0.5) is 0 Å². The van der Waals surface area contributed by atoms with Crippen molar-refractivity contribution in [3.63, 3.8) is 0 Å². The summed E-state index contributed by atoms with van der Waals surface area (Å²) in [5, 5.41) is 1.60. The second-order valence-corrected chi connectivity index (χ2v) is 3.29. The van der Waals surface area contributed by atoms with Crippen LogP contribution >= 0.6 is 12.6 Å². The fourth-order valence-electron chi connectivity index (χ4n) is 0.350. The van der Waals surface area contributed by atoms with E-state index in [2.05, 4.69) is 19.2 Å². The number of hydrogen-bond acceptors (Lipinski definition) is 2. The molecule has 1 unspecified atom stereocenters. The summed E-state index contributed by atoms with van der Waals surface area (Å²) in [6, 6.07) is 0. The molecule has 0 amide bonds. The van der Waals surface area contributed by atoms with Crippen LogP contribution in [0.2, 0.25) is 0 Å². The summed E-state index contributed by atoms with van der Waals surface area (Å²) in [5.41, 5.74) is 0. The fraction of sp³-hybridized carbons (Fsp3) is 0.333. The van der Waals surface area contributed by atoms with Gasteiger partial charge in [-0.3, -0.25) is 4.21 Å². The highest BCUT2D eigenvalue weighted by Gasteiger charge is 1.89. The molecule has 0 bridgehead atoms. The molecule has 0 aliphatic rings. The Labute approximate surface area is 63.7 Å². The molecule has 0 aliphatic heterocycles. The van der Waals surface area contributed by atoms with Gasteiger partial charge in [-0.05, 0) is 5.41 Å². The molecule has 1 atom stereocenters. The van der Waals surface area contributed by atoms with Gasteiger partial charge in [0, 0.05) is 22.3 Å². The Hall–Kier alpha value is -0.0200. The van der Waals surface area contributed by atoms with E-state index in [0.29, 0.717) is 11.5 Å². The molecule has 0 aliphatic carbocycles. The summed E-state index contributed by atoms with van der Waals surface area (Å²) >= 11 is 3.82. The van der Waals surface area contributed by atoms with E-state index in [-0.39, 0.29) is 0 Å². The minimum Gasteiger partial charge on any atom is -0.259 e. The van der Waals surface area contributed by atoms with Crippen molar-refractivity contribution in [3.05, 3.63) is 24.1 Å². The van der Waals surface area contributed by atoms with Gasteiger partial charge < -0.3 is 0 Å². The lowest BCUT2D eigenvalue weighted by atomic mass is 10.8. The summed E-state index contributed by atoms with van der Waals surface area (Å²) in [5.74, 6) is 1.15. The Bertz CT molecular complexity index is 129. The van der Waals surface area contributed by atoms with Crippen molar-refractivity contribution in [3.8, 4) is 0 Å². The van der Waals surface area contributed by atoms with Gasteiger partial charge in [0.05, 0.1) is 0 Å². The molecule has 0 rings (SSSR count). The molecule has 0 saturated carbocycles. The Morgan fingerprint density at radius 1 is 1.56 bits per heavy atom. The van der Waals surface area contributed by atoms with E-state index >= 15 is 0 Å². The summed E-state index contributed by atoms with van der Waals surface area (Å²) in [7, 11) is -0.774. The highest BCUT2D eigenvalue weighted by atomic mass is 32.2. The first kappa shape index (κ1) is 8.98. The number of rotatable bonds is 4. The van der Waals surface area contributed by atoms with Gasteiger partial charge in [0.25, 0.3) is 0 Å². The van der Waals surface area contributed by atoms with Crippen LogP contribution < -0.4 is 0 Å². The number of thiol groups is 1. The molecule has 0 radical (unpaired) electrons. The largest absolute Gasteiger partial charge is 0.259 e. The van der Waals surface area contributed by atoms with Crippen molar-refractivity contribution in [2.75, 3.05) is 11.5 Å². The van der Waals surface area contributed by atoms with Crippen molar-refractivity contribution in [1.82, 2.24) is 0 Å².